The molecule has 2 aromatic rings. The predicted octanol–water partition coefficient (Wildman–Crippen LogP) is 3.04. The van der Waals surface area contributed by atoms with E-state index in [4.69, 9.17) is 0 Å². The van der Waals surface area contributed by atoms with Crippen molar-refractivity contribution >= 4 is 15.7 Å². The zero-order chi connectivity index (χ0) is 16.7. The van der Waals surface area contributed by atoms with Gasteiger partial charge in [-0.15, -0.1) is 6.58 Å². The molecule has 0 aromatic heterocycles. The Bertz CT molecular complexity index is 758. The highest BCUT2D eigenvalue weighted by Gasteiger charge is 2.10. The molecule has 6 heteroatoms. The molecule has 2 rings (SSSR count). The Labute approximate surface area is 136 Å². The molecule has 0 bridgehead atoms. The van der Waals surface area contributed by atoms with Crippen LogP contribution in [0.4, 0.5) is 10.1 Å². The lowest BCUT2D eigenvalue weighted by molar-refractivity contribution is 0.585. The minimum absolute atomic E-state index is 0.0889. The summed E-state index contributed by atoms with van der Waals surface area (Å²) in [5.74, 6) is -0.343. The predicted molar refractivity (Wildman–Crippen MR) is 91.0 cm³/mol. The first-order valence-electron chi connectivity index (χ1n) is 7.14. The van der Waals surface area contributed by atoms with Crippen molar-refractivity contribution in [2.75, 3.05) is 11.9 Å². The molecule has 0 aliphatic heterocycles. The largest absolute Gasteiger partial charge is 0.381 e. The Hall–Kier alpha value is -2.18. The molecular weight excluding hydrogens is 315 g/mol. The molecule has 0 spiro atoms. The highest BCUT2D eigenvalue weighted by molar-refractivity contribution is 7.88. The van der Waals surface area contributed by atoms with Crippen LogP contribution in [-0.2, 0) is 22.3 Å². The maximum absolute atomic E-state index is 13.5. The van der Waals surface area contributed by atoms with Crippen LogP contribution in [0.25, 0.3) is 0 Å². The Balaban J connectivity index is 1.94. The average molecular weight is 334 g/mol. The summed E-state index contributed by atoms with van der Waals surface area (Å²) < 4.78 is 39.5. The van der Waals surface area contributed by atoms with Crippen LogP contribution >= 0.6 is 0 Å². The van der Waals surface area contributed by atoms with E-state index in [1.165, 1.54) is 12.1 Å². The van der Waals surface area contributed by atoms with Gasteiger partial charge in [0.05, 0.1) is 5.75 Å². The second-order valence-corrected chi connectivity index (χ2v) is 6.84. The number of rotatable bonds is 8. The van der Waals surface area contributed by atoms with Gasteiger partial charge in [-0.1, -0.05) is 36.4 Å². The van der Waals surface area contributed by atoms with Crippen molar-refractivity contribution in [2.45, 2.75) is 12.3 Å². The third-order valence-corrected chi connectivity index (χ3v) is 4.52. The Morgan fingerprint density at radius 3 is 2.43 bits per heavy atom. The normalized spacial score (nSPS) is 11.2. The summed E-state index contributed by atoms with van der Waals surface area (Å²) in [6.45, 7) is 4.05. The zero-order valence-electron chi connectivity index (χ0n) is 12.6. The lowest BCUT2D eigenvalue weighted by atomic mass is 10.2. The SMILES string of the molecule is C=CCNS(=O)(=O)Cc1ccc(NCc2ccccc2F)cc1. The van der Waals surface area contributed by atoms with Crippen LogP contribution in [0.1, 0.15) is 11.1 Å². The Morgan fingerprint density at radius 2 is 1.78 bits per heavy atom. The third-order valence-electron chi connectivity index (χ3n) is 3.20. The molecule has 0 saturated carbocycles. The van der Waals surface area contributed by atoms with E-state index < -0.39 is 10.0 Å². The van der Waals surface area contributed by atoms with E-state index in [0.29, 0.717) is 17.7 Å². The number of anilines is 1. The minimum Gasteiger partial charge on any atom is -0.381 e. The number of hydrogen-bond acceptors (Lipinski definition) is 3. The van der Waals surface area contributed by atoms with Gasteiger partial charge in [0.15, 0.2) is 0 Å². The van der Waals surface area contributed by atoms with E-state index in [-0.39, 0.29) is 18.1 Å². The smallest absolute Gasteiger partial charge is 0.216 e. The molecule has 0 aliphatic rings. The molecule has 4 nitrogen and oxygen atoms in total. The van der Waals surface area contributed by atoms with Gasteiger partial charge in [0.25, 0.3) is 0 Å². The standard InChI is InChI=1S/C17H19FN2O2S/c1-2-11-20-23(21,22)13-14-7-9-16(10-8-14)19-12-15-5-3-4-6-17(15)18/h2-10,19-20H,1,11-13H2. The fraction of sp³-hybridized carbons (Fsp3) is 0.176. The van der Waals surface area contributed by atoms with E-state index >= 15 is 0 Å². The summed E-state index contributed by atoms with van der Waals surface area (Å²) in [5, 5.41) is 3.11. The Morgan fingerprint density at radius 1 is 1.09 bits per heavy atom. The number of halogens is 1. The van der Waals surface area contributed by atoms with E-state index in [1.54, 1.807) is 42.5 Å². The van der Waals surface area contributed by atoms with Gasteiger partial charge in [0, 0.05) is 24.3 Å². The molecule has 23 heavy (non-hydrogen) atoms. The monoisotopic (exact) mass is 334 g/mol. The maximum atomic E-state index is 13.5. The van der Waals surface area contributed by atoms with Crippen molar-refractivity contribution < 1.29 is 12.8 Å². The zero-order valence-corrected chi connectivity index (χ0v) is 13.4. The van der Waals surface area contributed by atoms with Gasteiger partial charge in [-0.2, -0.15) is 0 Å². The molecule has 2 N–H and O–H groups in total. The van der Waals surface area contributed by atoms with Gasteiger partial charge in [0.2, 0.25) is 10.0 Å². The molecule has 0 atom stereocenters. The molecular formula is C17H19FN2O2S. The van der Waals surface area contributed by atoms with Gasteiger partial charge in [-0.3, -0.25) is 0 Å². The summed E-state index contributed by atoms with van der Waals surface area (Å²) in [7, 11) is -3.36. The summed E-state index contributed by atoms with van der Waals surface area (Å²) in [4.78, 5) is 0. The van der Waals surface area contributed by atoms with Crippen molar-refractivity contribution in [3.05, 3.63) is 78.1 Å². The molecule has 0 radical (unpaired) electrons. The molecule has 122 valence electrons. The average Bonchev–Trinajstić information content (AvgIpc) is 2.53. The van der Waals surface area contributed by atoms with Gasteiger partial charge in [-0.25, -0.2) is 17.5 Å². The van der Waals surface area contributed by atoms with Crippen LogP contribution in [-0.4, -0.2) is 15.0 Å². The fourth-order valence-corrected chi connectivity index (χ4v) is 3.12. The molecule has 0 saturated heterocycles. The van der Waals surface area contributed by atoms with Crippen molar-refractivity contribution in [2.24, 2.45) is 0 Å². The highest BCUT2D eigenvalue weighted by atomic mass is 32.2. The number of hydrogen-bond donors (Lipinski definition) is 2. The van der Waals surface area contributed by atoms with Gasteiger partial charge >= 0.3 is 0 Å². The second-order valence-electron chi connectivity index (χ2n) is 5.04. The third kappa shape index (κ3) is 5.50. The van der Waals surface area contributed by atoms with Crippen LogP contribution in [0.2, 0.25) is 0 Å². The van der Waals surface area contributed by atoms with Crippen LogP contribution in [0.15, 0.2) is 61.2 Å². The van der Waals surface area contributed by atoms with E-state index in [1.807, 2.05) is 0 Å². The summed E-state index contributed by atoms with van der Waals surface area (Å²) in [6.07, 6.45) is 1.49. The summed E-state index contributed by atoms with van der Waals surface area (Å²) in [5.41, 5.74) is 2.05. The lowest BCUT2D eigenvalue weighted by Gasteiger charge is -2.09. The molecule has 0 unspecified atom stereocenters. The minimum atomic E-state index is -3.36. The molecule has 0 aliphatic carbocycles. The second kappa shape index (κ2) is 7.89. The number of nitrogens with one attached hydrogen (secondary N) is 2. The van der Waals surface area contributed by atoms with Crippen molar-refractivity contribution in [1.82, 2.24) is 4.72 Å². The number of sulfonamides is 1. The van der Waals surface area contributed by atoms with Crippen LogP contribution < -0.4 is 10.0 Å². The van der Waals surface area contributed by atoms with Gasteiger partial charge < -0.3 is 5.32 Å². The first kappa shape index (κ1) is 17.2. The van der Waals surface area contributed by atoms with Crippen molar-refractivity contribution in [3.8, 4) is 0 Å². The molecule has 2 aromatic carbocycles. The van der Waals surface area contributed by atoms with E-state index in [2.05, 4.69) is 16.6 Å². The summed E-state index contributed by atoms with van der Waals surface area (Å²) >= 11 is 0. The van der Waals surface area contributed by atoms with Crippen LogP contribution in [0, 0.1) is 5.82 Å². The topological polar surface area (TPSA) is 58.2 Å². The molecule has 0 amide bonds. The van der Waals surface area contributed by atoms with E-state index in [0.717, 1.165) is 5.69 Å². The van der Waals surface area contributed by atoms with Crippen molar-refractivity contribution in [3.63, 3.8) is 0 Å². The van der Waals surface area contributed by atoms with Crippen LogP contribution in [0.3, 0.4) is 0 Å². The van der Waals surface area contributed by atoms with Gasteiger partial charge in [-0.05, 0) is 23.8 Å². The van der Waals surface area contributed by atoms with Crippen molar-refractivity contribution in [1.29, 1.82) is 0 Å². The first-order chi connectivity index (χ1) is 11.0. The first-order valence-corrected chi connectivity index (χ1v) is 8.80. The Kier molecular flexibility index (Phi) is 5.90. The maximum Gasteiger partial charge on any atom is 0.216 e. The fourth-order valence-electron chi connectivity index (χ4n) is 2.01. The van der Waals surface area contributed by atoms with Gasteiger partial charge in [0.1, 0.15) is 5.82 Å². The summed E-state index contributed by atoms with van der Waals surface area (Å²) in [6, 6.07) is 13.6. The number of benzene rings is 2. The molecule has 0 heterocycles. The van der Waals surface area contributed by atoms with Crippen LogP contribution in [0.5, 0.6) is 0 Å². The van der Waals surface area contributed by atoms with E-state index in [9.17, 15) is 12.8 Å². The highest BCUT2D eigenvalue weighted by Crippen LogP contribution is 2.14. The molecule has 0 fully saturated rings. The lowest BCUT2D eigenvalue weighted by Crippen LogP contribution is -2.25. The quantitative estimate of drug-likeness (QED) is 0.730.